The normalized spacial score (nSPS) is 21.3. The van der Waals surface area contributed by atoms with E-state index in [4.69, 9.17) is 0 Å². The van der Waals surface area contributed by atoms with Crippen molar-refractivity contribution in [2.45, 2.75) is 44.6 Å². The van der Waals surface area contributed by atoms with Gasteiger partial charge in [0.1, 0.15) is 0 Å². The van der Waals surface area contributed by atoms with E-state index < -0.39 is 0 Å². The van der Waals surface area contributed by atoms with Crippen molar-refractivity contribution in [3.05, 3.63) is 71.3 Å². The summed E-state index contributed by atoms with van der Waals surface area (Å²) >= 11 is 0. The number of hydrogen-bond acceptors (Lipinski definition) is 1. The Labute approximate surface area is 132 Å². The molecule has 22 heavy (non-hydrogen) atoms. The number of nitrogens with one attached hydrogen (secondary N) is 1. The van der Waals surface area contributed by atoms with E-state index in [1.165, 1.54) is 11.1 Å². The fraction of sp³-hybridized carbons (Fsp3) is 0.350. The van der Waals surface area contributed by atoms with Crippen molar-refractivity contribution in [3.8, 4) is 0 Å². The van der Waals surface area contributed by atoms with Gasteiger partial charge in [-0.05, 0) is 56.2 Å². The standard InChI is InChI=1S/C20H23NO/c1-15-7-9-18(10-8-15)20(22)21-19-13-11-17(12-14-19)16-5-3-2-4-6-16/h2-10,17,19H,11-14H2,1H3,(H,21,22). The second kappa shape index (κ2) is 6.78. The second-order valence-electron chi connectivity index (χ2n) is 6.30. The van der Waals surface area contributed by atoms with E-state index in [9.17, 15) is 4.79 Å². The summed E-state index contributed by atoms with van der Waals surface area (Å²) in [5.41, 5.74) is 3.38. The summed E-state index contributed by atoms with van der Waals surface area (Å²) < 4.78 is 0. The highest BCUT2D eigenvalue weighted by atomic mass is 16.1. The van der Waals surface area contributed by atoms with Crippen molar-refractivity contribution in [3.63, 3.8) is 0 Å². The van der Waals surface area contributed by atoms with Crippen LogP contribution >= 0.6 is 0 Å². The average molecular weight is 293 g/mol. The molecular weight excluding hydrogens is 270 g/mol. The molecule has 2 heteroatoms. The van der Waals surface area contributed by atoms with Crippen LogP contribution in [0.2, 0.25) is 0 Å². The second-order valence-corrected chi connectivity index (χ2v) is 6.30. The molecule has 1 aliphatic rings. The molecule has 3 rings (SSSR count). The van der Waals surface area contributed by atoms with Gasteiger partial charge in [0, 0.05) is 11.6 Å². The van der Waals surface area contributed by atoms with Gasteiger partial charge >= 0.3 is 0 Å². The van der Waals surface area contributed by atoms with Crippen molar-refractivity contribution in [2.75, 3.05) is 0 Å². The van der Waals surface area contributed by atoms with E-state index in [1.54, 1.807) is 0 Å². The van der Waals surface area contributed by atoms with Crippen molar-refractivity contribution >= 4 is 5.91 Å². The largest absolute Gasteiger partial charge is 0.349 e. The maximum Gasteiger partial charge on any atom is 0.251 e. The predicted octanol–water partition coefficient (Wildman–Crippen LogP) is 4.45. The molecule has 0 aromatic heterocycles. The molecule has 0 bridgehead atoms. The lowest BCUT2D eigenvalue weighted by molar-refractivity contribution is 0.0926. The fourth-order valence-electron chi connectivity index (χ4n) is 3.27. The van der Waals surface area contributed by atoms with Gasteiger partial charge in [-0.3, -0.25) is 4.79 Å². The molecule has 0 unspecified atom stereocenters. The minimum atomic E-state index is 0.0585. The third-order valence-electron chi connectivity index (χ3n) is 4.65. The minimum Gasteiger partial charge on any atom is -0.349 e. The summed E-state index contributed by atoms with van der Waals surface area (Å²) in [6.45, 7) is 2.03. The zero-order chi connectivity index (χ0) is 15.4. The fourth-order valence-corrected chi connectivity index (χ4v) is 3.27. The third-order valence-corrected chi connectivity index (χ3v) is 4.65. The maximum absolute atomic E-state index is 12.3. The molecule has 2 nitrogen and oxygen atoms in total. The topological polar surface area (TPSA) is 29.1 Å². The highest BCUT2D eigenvalue weighted by Gasteiger charge is 2.23. The van der Waals surface area contributed by atoms with E-state index in [-0.39, 0.29) is 5.91 Å². The van der Waals surface area contributed by atoms with Crippen LogP contribution in [0.1, 0.15) is 53.1 Å². The van der Waals surface area contributed by atoms with Gasteiger partial charge in [-0.2, -0.15) is 0 Å². The van der Waals surface area contributed by atoms with Gasteiger partial charge < -0.3 is 5.32 Å². The molecule has 0 heterocycles. The number of hydrogen-bond donors (Lipinski definition) is 1. The quantitative estimate of drug-likeness (QED) is 0.890. The summed E-state index contributed by atoms with van der Waals surface area (Å²) in [5, 5.41) is 3.19. The molecule has 1 amide bonds. The summed E-state index contributed by atoms with van der Waals surface area (Å²) in [6.07, 6.45) is 4.44. The van der Waals surface area contributed by atoms with Crippen molar-refractivity contribution in [1.82, 2.24) is 5.32 Å². The Hall–Kier alpha value is -2.09. The number of benzene rings is 2. The molecular formula is C20H23NO. The Morgan fingerprint density at radius 3 is 2.18 bits per heavy atom. The SMILES string of the molecule is Cc1ccc(C(=O)NC2CCC(c3ccccc3)CC2)cc1. The summed E-state index contributed by atoms with van der Waals surface area (Å²) in [4.78, 5) is 12.3. The molecule has 0 atom stereocenters. The molecule has 0 spiro atoms. The summed E-state index contributed by atoms with van der Waals surface area (Å²) in [6, 6.07) is 18.8. The highest BCUT2D eigenvalue weighted by molar-refractivity contribution is 5.94. The molecule has 2 aromatic rings. The summed E-state index contributed by atoms with van der Waals surface area (Å²) in [7, 11) is 0. The molecule has 1 aliphatic carbocycles. The van der Waals surface area contributed by atoms with Gasteiger partial charge in [0.05, 0.1) is 0 Å². The summed E-state index contributed by atoms with van der Waals surface area (Å²) in [5.74, 6) is 0.705. The lowest BCUT2D eigenvalue weighted by Gasteiger charge is -2.29. The van der Waals surface area contributed by atoms with Crippen molar-refractivity contribution in [1.29, 1.82) is 0 Å². The molecule has 1 fully saturated rings. The van der Waals surface area contributed by atoms with Crippen LogP contribution < -0.4 is 5.32 Å². The Bertz CT molecular complexity index is 610. The van der Waals surface area contributed by atoms with E-state index in [2.05, 4.69) is 35.6 Å². The molecule has 0 radical (unpaired) electrons. The zero-order valence-electron chi connectivity index (χ0n) is 13.1. The Kier molecular flexibility index (Phi) is 4.57. The number of carbonyl (C=O) groups is 1. The van der Waals surface area contributed by atoms with E-state index in [1.807, 2.05) is 31.2 Å². The van der Waals surface area contributed by atoms with Gasteiger partial charge in [0.25, 0.3) is 5.91 Å². The molecule has 2 aromatic carbocycles. The van der Waals surface area contributed by atoms with Crippen LogP contribution in [0.5, 0.6) is 0 Å². The number of carbonyl (C=O) groups excluding carboxylic acids is 1. The first-order chi connectivity index (χ1) is 10.7. The van der Waals surface area contributed by atoms with E-state index in [0.29, 0.717) is 12.0 Å². The Balaban J connectivity index is 1.53. The van der Waals surface area contributed by atoms with Gasteiger partial charge in [0.2, 0.25) is 0 Å². The van der Waals surface area contributed by atoms with E-state index >= 15 is 0 Å². The van der Waals surface area contributed by atoms with Crippen molar-refractivity contribution in [2.24, 2.45) is 0 Å². The van der Waals surface area contributed by atoms with Crippen LogP contribution in [-0.4, -0.2) is 11.9 Å². The monoisotopic (exact) mass is 293 g/mol. The minimum absolute atomic E-state index is 0.0585. The highest BCUT2D eigenvalue weighted by Crippen LogP contribution is 2.32. The predicted molar refractivity (Wildman–Crippen MR) is 90.1 cm³/mol. The van der Waals surface area contributed by atoms with Gasteiger partial charge in [-0.1, -0.05) is 48.0 Å². The molecule has 0 aliphatic heterocycles. The molecule has 1 N–H and O–H groups in total. The number of aryl methyl sites for hydroxylation is 1. The van der Waals surface area contributed by atoms with Crippen LogP contribution in [0.25, 0.3) is 0 Å². The first-order valence-electron chi connectivity index (χ1n) is 8.15. The third kappa shape index (κ3) is 3.56. The molecule has 0 saturated heterocycles. The molecule has 114 valence electrons. The van der Waals surface area contributed by atoms with Crippen LogP contribution in [0.3, 0.4) is 0 Å². The van der Waals surface area contributed by atoms with Crippen LogP contribution in [0.15, 0.2) is 54.6 Å². The average Bonchev–Trinajstić information content (AvgIpc) is 2.57. The van der Waals surface area contributed by atoms with Crippen LogP contribution in [0.4, 0.5) is 0 Å². The first kappa shape index (κ1) is 14.8. The Morgan fingerprint density at radius 1 is 0.909 bits per heavy atom. The first-order valence-corrected chi connectivity index (χ1v) is 8.15. The van der Waals surface area contributed by atoms with E-state index in [0.717, 1.165) is 31.2 Å². The lowest BCUT2D eigenvalue weighted by Crippen LogP contribution is -2.37. The van der Waals surface area contributed by atoms with Crippen LogP contribution in [-0.2, 0) is 0 Å². The Morgan fingerprint density at radius 2 is 1.55 bits per heavy atom. The van der Waals surface area contributed by atoms with Gasteiger partial charge in [-0.25, -0.2) is 0 Å². The lowest BCUT2D eigenvalue weighted by atomic mass is 9.82. The number of amides is 1. The van der Waals surface area contributed by atoms with Crippen molar-refractivity contribution < 1.29 is 4.79 Å². The smallest absolute Gasteiger partial charge is 0.251 e. The number of rotatable bonds is 3. The van der Waals surface area contributed by atoms with Gasteiger partial charge in [0.15, 0.2) is 0 Å². The van der Waals surface area contributed by atoms with Crippen LogP contribution in [0, 0.1) is 6.92 Å². The maximum atomic E-state index is 12.3. The molecule has 1 saturated carbocycles. The zero-order valence-corrected chi connectivity index (χ0v) is 13.1. The van der Waals surface area contributed by atoms with Gasteiger partial charge in [-0.15, -0.1) is 0 Å².